The van der Waals surface area contributed by atoms with Crippen LogP contribution >= 0.6 is 0 Å². The highest BCUT2D eigenvalue weighted by molar-refractivity contribution is 5.67. The predicted octanol–water partition coefficient (Wildman–Crippen LogP) is 2.70. The Hall–Kier alpha value is -2.28. The topological polar surface area (TPSA) is 101 Å². The summed E-state index contributed by atoms with van der Waals surface area (Å²) in [6.07, 6.45) is -2.09. The quantitative estimate of drug-likeness (QED) is 0.709. The molecule has 1 aromatic carbocycles. The van der Waals surface area contributed by atoms with Gasteiger partial charge in [0.25, 0.3) is 0 Å². The Morgan fingerprint density at radius 1 is 1.08 bits per heavy atom. The number of carboxylic acid groups (broad SMARTS) is 2. The first-order valence-corrected chi connectivity index (χ1v) is 7.81. The number of carbonyl (C=O) groups is 2. The van der Waals surface area contributed by atoms with E-state index in [9.17, 15) is 24.9 Å². The fourth-order valence-electron chi connectivity index (χ4n) is 2.71. The first-order valence-electron chi connectivity index (χ1n) is 7.81. The Bertz CT molecular complexity index is 542. The summed E-state index contributed by atoms with van der Waals surface area (Å²) in [7, 11) is 0. The zero-order valence-electron chi connectivity index (χ0n) is 14.3. The van der Waals surface area contributed by atoms with Gasteiger partial charge in [0.15, 0.2) is 0 Å². The number of rotatable bonds is 7. The third-order valence-corrected chi connectivity index (χ3v) is 3.67. The first-order chi connectivity index (χ1) is 11.2. The number of hydrogen-bond donors (Lipinski definition) is 3. The van der Waals surface area contributed by atoms with Crippen molar-refractivity contribution in [2.75, 3.05) is 13.2 Å². The Balaban J connectivity index is 3.00. The summed E-state index contributed by atoms with van der Waals surface area (Å²) in [5.41, 5.74) is 0.114. The van der Waals surface area contributed by atoms with Gasteiger partial charge in [-0.3, -0.25) is 4.90 Å². The van der Waals surface area contributed by atoms with Crippen molar-refractivity contribution >= 4 is 12.2 Å². The van der Waals surface area contributed by atoms with Crippen LogP contribution in [0.2, 0.25) is 0 Å². The highest BCUT2D eigenvalue weighted by Crippen LogP contribution is 2.21. The molecule has 1 rings (SSSR count). The minimum atomic E-state index is -1.13. The molecule has 0 unspecified atom stereocenters. The summed E-state index contributed by atoms with van der Waals surface area (Å²) in [6.45, 7) is 5.17. The van der Waals surface area contributed by atoms with Gasteiger partial charge in [-0.05, 0) is 32.8 Å². The lowest BCUT2D eigenvalue weighted by molar-refractivity contribution is 0.0431. The van der Waals surface area contributed by atoms with E-state index in [2.05, 4.69) is 0 Å². The van der Waals surface area contributed by atoms with E-state index >= 15 is 0 Å². The first kappa shape index (κ1) is 19.8. The van der Waals surface area contributed by atoms with Gasteiger partial charge in [-0.25, -0.2) is 9.59 Å². The molecule has 0 heterocycles. The number of nitrogens with zero attached hydrogens (tertiary/aromatic N) is 2. The molecular weight excluding hydrogens is 312 g/mol. The third-order valence-electron chi connectivity index (χ3n) is 3.67. The van der Waals surface area contributed by atoms with E-state index in [1.54, 1.807) is 20.8 Å². The van der Waals surface area contributed by atoms with E-state index in [0.717, 1.165) is 5.56 Å². The molecule has 0 aromatic heterocycles. The summed E-state index contributed by atoms with van der Waals surface area (Å²) in [5, 5.41) is 28.3. The van der Waals surface area contributed by atoms with E-state index in [1.165, 1.54) is 9.80 Å². The molecule has 7 heteroatoms. The number of aliphatic hydroxyl groups excluding tert-OH is 1. The van der Waals surface area contributed by atoms with Gasteiger partial charge in [0.05, 0.1) is 6.04 Å². The Morgan fingerprint density at radius 3 is 2.08 bits per heavy atom. The summed E-state index contributed by atoms with van der Waals surface area (Å²) in [6, 6.07) is 8.48. The summed E-state index contributed by atoms with van der Waals surface area (Å²) in [5.74, 6) is 0. The van der Waals surface area contributed by atoms with E-state index in [4.69, 9.17) is 0 Å². The highest BCUT2D eigenvalue weighted by Gasteiger charge is 2.34. The molecular formula is C17H26N2O5. The zero-order valence-corrected chi connectivity index (χ0v) is 14.3. The molecule has 7 nitrogen and oxygen atoms in total. The van der Waals surface area contributed by atoms with Gasteiger partial charge in [-0.1, -0.05) is 30.3 Å². The van der Waals surface area contributed by atoms with Crippen LogP contribution in [0.15, 0.2) is 30.3 Å². The molecule has 0 aliphatic rings. The van der Waals surface area contributed by atoms with Crippen molar-refractivity contribution in [2.24, 2.45) is 0 Å². The van der Waals surface area contributed by atoms with Crippen molar-refractivity contribution < 1.29 is 24.9 Å². The van der Waals surface area contributed by atoms with Crippen LogP contribution in [0.3, 0.4) is 0 Å². The Labute approximate surface area is 142 Å². The molecule has 0 radical (unpaired) electrons. The van der Waals surface area contributed by atoms with E-state index in [0.29, 0.717) is 0 Å². The van der Waals surface area contributed by atoms with Crippen LogP contribution in [0.25, 0.3) is 0 Å². The monoisotopic (exact) mass is 338 g/mol. The lowest BCUT2D eigenvalue weighted by Crippen LogP contribution is -2.55. The van der Waals surface area contributed by atoms with Crippen molar-refractivity contribution in [3.05, 3.63) is 35.9 Å². The fourth-order valence-corrected chi connectivity index (χ4v) is 2.71. The molecule has 134 valence electrons. The number of amides is 2. The molecule has 0 fully saturated rings. The Morgan fingerprint density at radius 2 is 1.67 bits per heavy atom. The normalized spacial score (nSPS) is 12.5. The van der Waals surface area contributed by atoms with Crippen LogP contribution in [0.5, 0.6) is 0 Å². The van der Waals surface area contributed by atoms with Gasteiger partial charge in [0.2, 0.25) is 0 Å². The van der Waals surface area contributed by atoms with Crippen LogP contribution in [-0.4, -0.2) is 62.0 Å². The second-order valence-corrected chi connectivity index (χ2v) is 6.64. The Kier molecular flexibility index (Phi) is 7.03. The van der Waals surface area contributed by atoms with Gasteiger partial charge in [-0.15, -0.1) is 0 Å². The number of hydrogen-bond acceptors (Lipinski definition) is 3. The minimum Gasteiger partial charge on any atom is -0.465 e. The average Bonchev–Trinajstić information content (AvgIpc) is 2.45. The van der Waals surface area contributed by atoms with Gasteiger partial charge in [0.1, 0.15) is 0 Å². The SMILES string of the molecule is CC(C)(C)N(C(=O)O)[C@@H](CCO)CN(Cc1ccccc1)C(=O)O. The molecule has 0 saturated carbocycles. The molecule has 0 spiro atoms. The van der Waals surface area contributed by atoms with E-state index < -0.39 is 23.8 Å². The van der Waals surface area contributed by atoms with Crippen LogP contribution in [-0.2, 0) is 6.54 Å². The summed E-state index contributed by atoms with van der Waals surface area (Å²) >= 11 is 0. The maximum absolute atomic E-state index is 11.7. The average molecular weight is 338 g/mol. The number of benzene rings is 1. The molecule has 1 aromatic rings. The van der Waals surface area contributed by atoms with Crippen molar-refractivity contribution in [3.8, 4) is 0 Å². The van der Waals surface area contributed by atoms with Gasteiger partial charge >= 0.3 is 12.2 Å². The molecule has 1 atom stereocenters. The van der Waals surface area contributed by atoms with Gasteiger partial charge in [0, 0.05) is 25.2 Å². The largest absolute Gasteiger partial charge is 0.465 e. The maximum atomic E-state index is 11.7. The van der Waals surface area contributed by atoms with E-state index in [1.807, 2.05) is 30.3 Å². The summed E-state index contributed by atoms with van der Waals surface area (Å²) < 4.78 is 0. The summed E-state index contributed by atoms with van der Waals surface area (Å²) in [4.78, 5) is 25.6. The third kappa shape index (κ3) is 5.73. The minimum absolute atomic E-state index is 0.00560. The lowest BCUT2D eigenvalue weighted by atomic mass is 10.0. The van der Waals surface area contributed by atoms with Crippen LogP contribution in [0.4, 0.5) is 9.59 Å². The van der Waals surface area contributed by atoms with Crippen molar-refractivity contribution in [3.63, 3.8) is 0 Å². The molecule has 2 amide bonds. The van der Waals surface area contributed by atoms with Crippen molar-refractivity contribution in [2.45, 2.75) is 45.3 Å². The van der Waals surface area contributed by atoms with Crippen LogP contribution in [0, 0.1) is 0 Å². The molecule has 3 N–H and O–H groups in total. The van der Waals surface area contributed by atoms with Crippen LogP contribution < -0.4 is 0 Å². The molecule has 0 aliphatic heterocycles. The van der Waals surface area contributed by atoms with Crippen LogP contribution in [0.1, 0.15) is 32.8 Å². The second-order valence-electron chi connectivity index (χ2n) is 6.64. The van der Waals surface area contributed by atoms with E-state index in [-0.39, 0.29) is 26.1 Å². The number of aliphatic hydroxyl groups is 1. The zero-order chi connectivity index (χ0) is 18.3. The van der Waals surface area contributed by atoms with Gasteiger partial charge in [-0.2, -0.15) is 0 Å². The predicted molar refractivity (Wildman–Crippen MR) is 90.0 cm³/mol. The molecule has 0 bridgehead atoms. The smallest absolute Gasteiger partial charge is 0.408 e. The molecule has 0 saturated heterocycles. The standard InChI is InChI=1S/C17H26N2O5/c1-17(2,3)19(16(23)24)14(9-10-20)12-18(15(21)22)11-13-7-5-4-6-8-13/h4-8,14,20H,9-12H2,1-3H3,(H,21,22)(H,23,24)/t14-/m0/s1. The fraction of sp³-hybridized carbons (Fsp3) is 0.529. The van der Waals surface area contributed by atoms with Crippen molar-refractivity contribution in [1.29, 1.82) is 0 Å². The lowest BCUT2D eigenvalue weighted by Gasteiger charge is -2.41. The molecule has 24 heavy (non-hydrogen) atoms. The van der Waals surface area contributed by atoms with Gasteiger partial charge < -0.3 is 20.2 Å². The molecule has 0 aliphatic carbocycles. The second kappa shape index (κ2) is 8.54. The maximum Gasteiger partial charge on any atom is 0.408 e. The highest BCUT2D eigenvalue weighted by atomic mass is 16.4. The van der Waals surface area contributed by atoms with Crippen molar-refractivity contribution in [1.82, 2.24) is 9.80 Å².